The molecule has 0 spiro atoms. The Kier molecular flexibility index (Phi) is 11.0. The van der Waals surface area contributed by atoms with Crippen LogP contribution in [0.2, 0.25) is 0 Å². The first-order chi connectivity index (χ1) is 9.58. The van der Waals surface area contributed by atoms with Gasteiger partial charge in [0.1, 0.15) is 11.5 Å². The van der Waals surface area contributed by atoms with Gasteiger partial charge in [0.05, 0.1) is 0 Å². The first-order valence-corrected chi connectivity index (χ1v) is 7.90. The first-order valence-electron chi connectivity index (χ1n) is 5.45. The van der Waals surface area contributed by atoms with E-state index in [0.29, 0.717) is 11.5 Å². The summed E-state index contributed by atoms with van der Waals surface area (Å²) in [6, 6.07) is 16.7. The third-order valence-corrected chi connectivity index (χ3v) is 2.69. The number of rotatable bonds is 4. The van der Waals surface area contributed by atoms with Crippen molar-refractivity contribution in [2.45, 2.75) is 0 Å². The molecule has 0 heterocycles. The van der Waals surface area contributed by atoms with Crippen LogP contribution >= 0.6 is 16.5 Å². The van der Waals surface area contributed by atoms with Gasteiger partial charge >= 0.3 is 17.1 Å². The van der Waals surface area contributed by atoms with E-state index < -0.39 is 16.5 Å². The van der Waals surface area contributed by atoms with Crippen LogP contribution in [0, 0.1) is 0 Å². The molecule has 2 rings (SSSR count). The predicted octanol–water partition coefficient (Wildman–Crippen LogP) is 1.63. The Hall–Kier alpha value is -1.06. The van der Waals surface area contributed by atoms with Crippen LogP contribution in [0.25, 0.3) is 0 Å². The van der Waals surface area contributed by atoms with Gasteiger partial charge in [-0.3, -0.25) is 9.13 Å². The van der Waals surface area contributed by atoms with Crippen molar-refractivity contribution in [1.82, 2.24) is 0 Å². The van der Waals surface area contributed by atoms with Gasteiger partial charge in [-0.25, -0.2) is 0 Å². The van der Waals surface area contributed by atoms with Crippen LogP contribution in [-0.2, 0) is 26.2 Å². The number of hydrogen-bond acceptors (Lipinski definition) is 6. The Balaban J connectivity index is 0.000000364. The van der Waals surface area contributed by atoms with Crippen molar-refractivity contribution in [2.24, 2.45) is 0 Å². The van der Waals surface area contributed by atoms with Crippen molar-refractivity contribution in [2.75, 3.05) is 0 Å². The van der Waals surface area contributed by atoms with Gasteiger partial charge in [-0.15, -0.1) is 0 Å². The molecular weight excluding hydrogens is 358 g/mol. The molecule has 0 saturated carbocycles. The summed E-state index contributed by atoms with van der Waals surface area (Å²) < 4.78 is 28.9. The van der Waals surface area contributed by atoms with Crippen LogP contribution in [0.5, 0.6) is 11.5 Å². The minimum atomic E-state index is -3.09. The summed E-state index contributed by atoms with van der Waals surface area (Å²) in [5.74, 6) is 0.725. The smallest absolute Gasteiger partial charge is 0.771 e. The molecule has 0 aliphatic carbocycles. The Labute approximate surface area is 134 Å². The van der Waals surface area contributed by atoms with Gasteiger partial charge < -0.3 is 18.8 Å². The van der Waals surface area contributed by atoms with Crippen molar-refractivity contribution in [1.29, 1.82) is 0 Å². The van der Waals surface area contributed by atoms with Crippen molar-refractivity contribution in [3.05, 3.63) is 60.7 Å². The van der Waals surface area contributed by atoms with Crippen LogP contribution in [-0.4, -0.2) is 0 Å². The van der Waals surface area contributed by atoms with Gasteiger partial charge in [-0.05, 0) is 24.3 Å². The summed E-state index contributed by atoms with van der Waals surface area (Å²) >= 11 is 0. The first kappa shape index (κ1) is 19.9. The van der Waals surface area contributed by atoms with E-state index in [1.54, 1.807) is 60.7 Å². The molecule has 0 aliphatic heterocycles. The minimum Gasteiger partial charge on any atom is -0.771 e. The zero-order chi connectivity index (χ0) is 14.8. The molecule has 2 aromatic carbocycles. The Morgan fingerprint density at radius 3 is 1.19 bits per heavy atom. The molecule has 9 heteroatoms. The zero-order valence-corrected chi connectivity index (χ0v) is 13.7. The molecule has 2 atom stereocenters. The fraction of sp³-hybridized carbons (Fsp3) is 0. The predicted molar refractivity (Wildman–Crippen MR) is 72.1 cm³/mol. The summed E-state index contributed by atoms with van der Waals surface area (Å²) in [5, 5.41) is 0. The van der Waals surface area contributed by atoms with Crippen LogP contribution in [0.3, 0.4) is 0 Å². The average molecular weight is 370 g/mol. The van der Waals surface area contributed by atoms with E-state index in [1.165, 1.54) is 0 Å². The summed E-state index contributed by atoms with van der Waals surface area (Å²) in [5.41, 5.74) is 0. The molecule has 0 aliphatic rings. The average Bonchev–Trinajstić information content (AvgIpc) is 2.40. The molecule has 0 amide bonds. The SMILES string of the molecule is O=[PH]([O-])Oc1ccccc1.O=[PH]([O-])Oc1ccccc1.[Fe+2]. The van der Waals surface area contributed by atoms with E-state index in [0.717, 1.165) is 0 Å². The monoisotopic (exact) mass is 370 g/mol. The standard InChI is InChI=1S/2C6H7O3P.Fe/c2*7-10(8)9-6-4-2-1-3-5-6;/h2*1-5,10H,(H,7,8);/q;;+2/p-2. The normalized spacial score (nSPS) is 11.9. The molecule has 21 heavy (non-hydrogen) atoms. The molecule has 114 valence electrons. The van der Waals surface area contributed by atoms with Crippen molar-refractivity contribution < 1.29 is 45.0 Å². The summed E-state index contributed by atoms with van der Waals surface area (Å²) in [6.45, 7) is 0. The quantitative estimate of drug-likeness (QED) is 0.599. The molecule has 2 aromatic rings. The van der Waals surface area contributed by atoms with E-state index in [2.05, 4.69) is 9.05 Å². The molecular formula is C12H12FeO6P2. The maximum absolute atomic E-state index is 10.0. The Morgan fingerprint density at radius 1 is 0.667 bits per heavy atom. The van der Waals surface area contributed by atoms with Crippen molar-refractivity contribution >= 4 is 16.5 Å². The number of benzene rings is 2. The third kappa shape index (κ3) is 10.3. The molecule has 0 bridgehead atoms. The van der Waals surface area contributed by atoms with Crippen molar-refractivity contribution in [3.63, 3.8) is 0 Å². The van der Waals surface area contributed by atoms with Gasteiger partial charge in [0.15, 0.2) is 16.5 Å². The summed E-state index contributed by atoms with van der Waals surface area (Å²) in [6.07, 6.45) is 0. The fourth-order valence-corrected chi connectivity index (χ4v) is 1.83. The van der Waals surface area contributed by atoms with E-state index in [1.807, 2.05) is 0 Å². The maximum atomic E-state index is 10.0. The van der Waals surface area contributed by atoms with E-state index in [4.69, 9.17) is 0 Å². The maximum Gasteiger partial charge on any atom is 2.00 e. The fourth-order valence-electron chi connectivity index (χ4n) is 1.17. The Bertz CT molecular complexity index is 501. The largest absolute Gasteiger partial charge is 2.00 e. The minimum absolute atomic E-state index is 0. The van der Waals surface area contributed by atoms with Crippen LogP contribution < -0.4 is 18.8 Å². The molecule has 0 radical (unpaired) electrons. The molecule has 0 aromatic heterocycles. The van der Waals surface area contributed by atoms with Crippen molar-refractivity contribution in [3.8, 4) is 11.5 Å². The van der Waals surface area contributed by atoms with Gasteiger partial charge in [0.25, 0.3) is 0 Å². The van der Waals surface area contributed by atoms with Gasteiger partial charge in [0.2, 0.25) is 0 Å². The van der Waals surface area contributed by atoms with Crippen LogP contribution in [0.15, 0.2) is 60.7 Å². The Morgan fingerprint density at radius 2 is 0.952 bits per heavy atom. The summed E-state index contributed by atoms with van der Waals surface area (Å²) in [7, 11) is -6.17. The molecule has 0 saturated heterocycles. The topological polar surface area (TPSA) is 98.7 Å². The number of para-hydroxylation sites is 2. The molecule has 0 N–H and O–H groups in total. The second kappa shape index (κ2) is 11.6. The second-order valence-electron chi connectivity index (χ2n) is 3.33. The zero-order valence-electron chi connectivity index (χ0n) is 10.6. The third-order valence-electron chi connectivity index (χ3n) is 1.89. The molecule has 0 fully saturated rings. The number of hydrogen-bond donors (Lipinski definition) is 0. The van der Waals surface area contributed by atoms with Gasteiger partial charge in [-0.1, -0.05) is 36.4 Å². The van der Waals surface area contributed by atoms with E-state index in [-0.39, 0.29) is 17.1 Å². The second-order valence-corrected chi connectivity index (χ2v) is 4.74. The molecule has 2 unspecified atom stereocenters. The molecule has 6 nitrogen and oxygen atoms in total. The van der Waals surface area contributed by atoms with Gasteiger partial charge in [-0.2, -0.15) is 0 Å². The van der Waals surface area contributed by atoms with Crippen LogP contribution in [0.1, 0.15) is 0 Å². The summed E-state index contributed by atoms with van der Waals surface area (Å²) in [4.78, 5) is 20.0. The van der Waals surface area contributed by atoms with Gasteiger partial charge in [0, 0.05) is 0 Å². The van der Waals surface area contributed by atoms with Crippen LogP contribution in [0.4, 0.5) is 0 Å². The van der Waals surface area contributed by atoms with E-state index in [9.17, 15) is 18.9 Å². The van der Waals surface area contributed by atoms with E-state index >= 15 is 0 Å².